The Balaban J connectivity index is 1.72. The van der Waals surface area contributed by atoms with Gasteiger partial charge in [-0.1, -0.05) is 35.9 Å². The fraction of sp³-hybridized carbons (Fsp3) is 0.235. The lowest BCUT2D eigenvalue weighted by Crippen LogP contribution is -2.29. The number of anilines is 1. The molecule has 22 heavy (non-hydrogen) atoms. The number of nitrogens with one attached hydrogen (secondary N) is 2. The number of para-hydroxylation sites is 2. The van der Waals surface area contributed by atoms with Gasteiger partial charge in [0.05, 0.1) is 12.8 Å². The molecule has 0 atom stereocenters. The molecule has 0 bridgehead atoms. The van der Waals surface area contributed by atoms with Gasteiger partial charge >= 0.3 is 6.03 Å². The van der Waals surface area contributed by atoms with Crippen LogP contribution in [-0.4, -0.2) is 19.7 Å². The molecule has 0 aliphatic rings. The molecule has 0 unspecified atom stereocenters. The zero-order chi connectivity index (χ0) is 15.8. The number of carbonyl (C=O) groups is 1. The van der Waals surface area contributed by atoms with Gasteiger partial charge in [-0.15, -0.1) is 0 Å². The molecule has 0 aromatic heterocycles. The minimum Gasteiger partial charge on any atom is -0.495 e. The lowest BCUT2D eigenvalue weighted by molar-refractivity contribution is 0.252. The van der Waals surface area contributed by atoms with Crippen molar-refractivity contribution in [2.75, 3.05) is 19.0 Å². The van der Waals surface area contributed by atoms with Gasteiger partial charge in [-0.05, 0) is 42.7 Å². The van der Waals surface area contributed by atoms with E-state index in [0.717, 1.165) is 17.9 Å². The molecular formula is C17H19ClN2O2. The number of rotatable bonds is 6. The highest BCUT2D eigenvalue weighted by molar-refractivity contribution is 6.30. The molecule has 0 aliphatic carbocycles. The van der Waals surface area contributed by atoms with E-state index in [9.17, 15) is 4.79 Å². The Hall–Kier alpha value is -2.20. The van der Waals surface area contributed by atoms with E-state index in [0.29, 0.717) is 18.0 Å². The van der Waals surface area contributed by atoms with Crippen molar-refractivity contribution >= 4 is 23.3 Å². The lowest BCUT2D eigenvalue weighted by Gasteiger charge is -2.10. The number of urea groups is 1. The second-order valence-electron chi connectivity index (χ2n) is 4.81. The Morgan fingerprint density at radius 2 is 1.86 bits per heavy atom. The van der Waals surface area contributed by atoms with Crippen LogP contribution in [-0.2, 0) is 6.42 Å². The minimum atomic E-state index is -0.236. The molecule has 0 spiro atoms. The summed E-state index contributed by atoms with van der Waals surface area (Å²) in [6.07, 6.45) is 1.76. The van der Waals surface area contributed by atoms with Crippen LogP contribution in [0.15, 0.2) is 48.5 Å². The number of aryl methyl sites for hydroxylation is 1. The van der Waals surface area contributed by atoms with Crippen molar-refractivity contribution in [3.05, 3.63) is 59.1 Å². The first-order chi connectivity index (χ1) is 10.7. The van der Waals surface area contributed by atoms with Gasteiger partial charge in [0.1, 0.15) is 5.75 Å². The van der Waals surface area contributed by atoms with Gasteiger partial charge in [-0.3, -0.25) is 0 Å². The van der Waals surface area contributed by atoms with Crippen LogP contribution in [0.2, 0.25) is 5.02 Å². The van der Waals surface area contributed by atoms with Crippen molar-refractivity contribution in [3.63, 3.8) is 0 Å². The molecular weight excluding hydrogens is 300 g/mol. The molecule has 2 aromatic carbocycles. The van der Waals surface area contributed by atoms with E-state index in [2.05, 4.69) is 10.6 Å². The van der Waals surface area contributed by atoms with Crippen LogP contribution in [0.1, 0.15) is 12.0 Å². The van der Waals surface area contributed by atoms with Crippen LogP contribution in [0.3, 0.4) is 0 Å². The quantitative estimate of drug-likeness (QED) is 0.788. The average Bonchev–Trinajstić information content (AvgIpc) is 2.54. The molecule has 116 valence electrons. The summed E-state index contributed by atoms with van der Waals surface area (Å²) < 4.78 is 5.19. The van der Waals surface area contributed by atoms with Crippen molar-refractivity contribution in [1.29, 1.82) is 0 Å². The largest absolute Gasteiger partial charge is 0.495 e. The second-order valence-corrected chi connectivity index (χ2v) is 5.25. The first-order valence-electron chi connectivity index (χ1n) is 7.11. The smallest absolute Gasteiger partial charge is 0.319 e. The number of hydrogen-bond donors (Lipinski definition) is 2. The van der Waals surface area contributed by atoms with E-state index in [1.165, 1.54) is 5.56 Å². The van der Waals surface area contributed by atoms with E-state index in [1.54, 1.807) is 19.2 Å². The Kier molecular flexibility index (Phi) is 6.10. The molecule has 4 nitrogen and oxygen atoms in total. The highest BCUT2D eigenvalue weighted by Gasteiger charge is 2.05. The molecule has 5 heteroatoms. The first-order valence-corrected chi connectivity index (χ1v) is 7.49. The standard InChI is InChI=1S/C17H19ClN2O2/c1-22-16-7-3-2-6-15(16)20-17(21)19-12-4-5-13-8-10-14(18)11-9-13/h2-3,6-11H,4-5,12H2,1H3,(H2,19,20,21). The molecule has 0 saturated carbocycles. The fourth-order valence-corrected chi connectivity index (χ4v) is 2.19. The zero-order valence-electron chi connectivity index (χ0n) is 12.4. The number of amides is 2. The highest BCUT2D eigenvalue weighted by atomic mass is 35.5. The Morgan fingerprint density at radius 3 is 2.59 bits per heavy atom. The third-order valence-corrected chi connectivity index (χ3v) is 3.45. The van der Waals surface area contributed by atoms with E-state index in [-0.39, 0.29) is 6.03 Å². The number of hydrogen-bond acceptors (Lipinski definition) is 2. The Labute approximate surface area is 135 Å². The van der Waals surface area contributed by atoms with Gasteiger partial charge in [-0.2, -0.15) is 0 Å². The summed E-state index contributed by atoms with van der Waals surface area (Å²) >= 11 is 5.84. The number of halogens is 1. The van der Waals surface area contributed by atoms with Gasteiger partial charge in [-0.25, -0.2) is 4.79 Å². The van der Waals surface area contributed by atoms with Gasteiger partial charge in [0.25, 0.3) is 0 Å². The summed E-state index contributed by atoms with van der Waals surface area (Å²) in [5.41, 5.74) is 1.86. The molecule has 2 aromatic rings. The molecule has 2 N–H and O–H groups in total. The maximum absolute atomic E-state index is 11.8. The van der Waals surface area contributed by atoms with E-state index in [1.807, 2.05) is 36.4 Å². The second kappa shape index (κ2) is 8.29. The van der Waals surface area contributed by atoms with Crippen LogP contribution < -0.4 is 15.4 Å². The van der Waals surface area contributed by atoms with Gasteiger partial charge in [0, 0.05) is 11.6 Å². The summed E-state index contributed by atoms with van der Waals surface area (Å²) in [6, 6.07) is 14.8. The molecule has 0 heterocycles. The number of benzene rings is 2. The first kappa shape index (κ1) is 16.2. The van der Waals surface area contributed by atoms with Crippen molar-refractivity contribution in [2.45, 2.75) is 12.8 Å². The molecule has 0 aliphatic heterocycles. The maximum Gasteiger partial charge on any atom is 0.319 e. The fourth-order valence-electron chi connectivity index (χ4n) is 2.06. The normalized spacial score (nSPS) is 10.1. The average molecular weight is 319 g/mol. The number of carbonyl (C=O) groups excluding carboxylic acids is 1. The summed E-state index contributed by atoms with van der Waals surface area (Å²) in [5, 5.41) is 6.34. The number of methoxy groups -OCH3 is 1. The third-order valence-electron chi connectivity index (χ3n) is 3.20. The monoisotopic (exact) mass is 318 g/mol. The van der Waals surface area contributed by atoms with Crippen molar-refractivity contribution in [2.24, 2.45) is 0 Å². The van der Waals surface area contributed by atoms with E-state index < -0.39 is 0 Å². The SMILES string of the molecule is COc1ccccc1NC(=O)NCCCc1ccc(Cl)cc1. The van der Waals surface area contributed by atoms with E-state index in [4.69, 9.17) is 16.3 Å². The highest BCUT2D eigenvalue weighted by Crippen LogP contribution is 2.22. The predicted molar refractivity (Wildman–Crippen MR) is 89.8 cm³/mol. The van der Waals surface area contributed by atoms with Gasteiger partial charge in [0.15, 0.2) is 0 Å². The third kappa shape index (κ3) is 4.97. The Morgan fingerprint density at radius 1 is 1.14 bits per heavy atom. The summed E-state index contributed by atoms with van der Waals surface area (Å²) in [5.74, 6) is 0.638. The minimum absolute atomic E-state index is 0.236. The van der Waals surface area contributed by atoms with Crippen LogP contribution in [0, 0.1) is 0 Å². The van der Waals surface area contributed by atoms with Crippen molar-refractivity contribution in [1.82, 2.24) is 5.32 Å². The lowest BCUT2D eigenvalue weighted by atomic mass is 10.1. The predicted octanol–water partition coefficient (Wildman–Crippen LogP) is 4.10. The van der Waals surface area contributed by atoms with Gasteiger partial charge in [0.2, 0.25) is 0 Å². The molecule has 0 fully saturated rings. The maximum atomic E-state index is 11.8. The molecule has 2 rings (SSSR count). The van der Waals surface area contributed by atoms with Crippen LogP contribution in [0.25, 0.3) is 0 Å². The van der Waals surface area contributed by atoms with Crippen molar-refractivity contribution < 1.29 is 9.53 Å². The zero-order valence-corrected chi connectivity index (χ0v) is 13.2. The number of ether oxygens (including phenoxy) is 1. The summed E-state index contributed by atoms with van der Waals surface area (Å²) in [7, 11) is 1.57. The van der Waals surface area contributed by atoms with Crippen molar-refractivity contribution in [3.8, 4) is 5.75 Å². The molecule has 0 radical (unpaired) electrons. The topological polar surface area (TPSA) is 50.4 Å². The molecule has 0 saturated heterocycles. The van der Waals surface area contributed by atoms with E-state index >= 15 is 0 Å². The van der Waals surface area contributed by atoms with Crippen LogP contribution in [0.4, 0.5) is 10.5 Å². The summed E-state index contributed by atoms with van der Waals surface area (Å²) in [4.78, 5) is 11.8. The molecule has 2 amide bonds. The Bertz CT molecular complexity index is 614. The van der Waals surface area contributed by atoms with Crippen LogP contribution >= 0.6 is 11.6 Å². The van der Waals surface area contributed by atoms with Crippen LogP contribution in [0.5, 0.6) is 5.75 Å². The summed E-state index contributed by atoms with van der Waals surface area (Å²) in [6.45, 7) is 0.601. The van der Waals surface area contributed by atoms with Gasteiger partial charge < -0.3 is 15.4 Å².